The smallest absolute Gasteiger partial charge is 0.451 e. The van der Waals surface area contributed by atoms with E-state index in [1.807, 2.05) is 17.2 Å². The molecule has 0 radical (unpaired) electrons. The van der Waals surface area contributed by atoms with Gasteiger partial charge in [-0.25, -0.2) is 4.98 Å². The zero-order valence-electron chi connectivity index (χ0n) is 15.6. The van der Waals surface area contributed by atoms with Crippen molar-refractivity contribution in [3.05, 3.63) is 54.4 Å². The van der Waals surface area contributed by atoms with Crippen molar-refractivity contribution in [2.45, 2.75) is 20.0 Å². The fourth-order valence-electron chi connectivity index (χ4n) is 2.40. The van der Waals surface area contributed by atoms with Crippen molar-refractivity contribution >= 4 is 5.97 Å². The zero-order chi connectivity index (χ0) is 21.2. The van der Waals surface area contributed by atoms with Gasteiger partial charge in [-0.3, -0.25) is 9.89 Å². The van der Waals surface area contributed by atoms with E-state index in [1.54, 1.807) is 50.2 Å². The highest BCUT2D eigenvalue weighted by Crippen LogP contribution is 2.29. The lowest BCUT2D eigenvalue weighted by molar-refractivity contribution is -0.148. The first kappa shape index (κ1) is 20.4. The van der Waals surface area contributed by atoms with E-state index in [-0.39, 0.29) is 12.4 Å². The predicted molar refractivity (Wildman–Crippen MR) is 99.2 cm³/mol. The normalized spacial score (nSPS) is 12.0. The van der Waals surface area contributed by atoms with Gasteiger partial charge < -0.3 is 9.84 Å². The molecule has 1 heterocycles. The molecule has 0 amide bonds. The first-order chi connectivity index (χ1) is 13.6. The van der Waals surface area contributed by atoms with E-state index in [2.05, 4.69) is 10.1 Å². The molecule has 3 rings (SSSR count). The molecule has 0 aliphatic rings. The summed E-state index contributed by atoms with van der Waals surface area (Å²) in [5.74, 6) is -1.57. The Bertz CT molecular complexity index is 994. The van der Waals surface area contributed by atoms with Crippen LogP contribution >= 0.6 is 0 Å². The van der Waals surface area contributed by atoms with Gasteiger partial charge in [0.05, 0.1) is 5.41 Å². The molecule has 1 aromatic heterocycles. The Balaban J connectivity index is 1.70. The van der Waals surface area contributed by atoms with Gasteiger partial charge in [-0.2, -0.15) is 18.3 Å². The third kappa shape index (κ3) is 4.74. The van der Waals surface area contributed by atoms with E-state index in [9.17, 15) is 18.0 Å². The molecule has 6 nitrogen and oxygen atoms in total. The van der Waals surface area contributed by atoms with Crippen molar-refractivity contribution in [1.82, 2.24) is 15.2 Å². The number of benzene rings is 2. The number of H-pyrrole nitrogens is 1. The molecule has 0 aliphatic carbocycles. The van der Waals surface area contributed by atoms with Crippen LogP contribution in [0.3, 0.4) is 0 Å². The predicted octanol–water partition coefficient (Wildman–Crippen LogP) is 4.65. The van der Waals surface area contributed by atoms with Crippen LogP contribution in [-0.2, 0) is 11.0 Å². The molecule has 29 heavy (non-hydrogen) atoms. The molecule has 0 saturated heterocycles. The summed E-state index contributed by atoms with van der Waals surface area (Å²) in [7, 11) is 0. The standard InChI is InChI=1S/C20H18F3N3O3/c1-19(2,18(27)28)11-29-15-9-7-13(8-10-15)12-3-5-14(6-4-12)16-24-17(26-25-16)20(21,22)23/h3-10H,11H2,1-2H3,(H,27,28)(H,24,25,26). The van der Waals surface area contributed by atoms with Gasteiger partial charge in [-0.05, 0) is 37.1 Å². The molecule has 2 N–H and O–H groups in total. The van der Waals surface area contributed by atoms with Crippen molar-refractivity contribution in [2.75, 3.05) is 6.61 Å². The van der Waals surface area contributed by atoms with Crippen LogP contribution in [0.15, 0.2) is 48.5 Å². The third-order valence-electron chi connectivity index (χ3n) is 4.26. The Kier molecular flexibility index (Phi) is 5.32. The molecule has 9 heteroatoms. The summed E-state index contributed by atoms with van der Waals surface area (Å²) in [6.45, 7) is 3.20. The molecular weight excluding hydrogens is 387 g/mol. The van der Waals surface area contributed by atoms with Crippen LogP contribution in [0.4, 0.5) is 13.2 Å². The molecule has 3 aromatic rings. The van der Waals surface area contributed by atoms with Gasteiger partial charge in [-0.1, -0.05) is 36.4 Å². The lowest BCUT2D eigenvalue weighted by Crippen LogP contribution is -2.30. The molecule has 152 valence electrons. The molecule has 0 aliphatic heterocycles. The van der Waals surface area contributed by atoms with E-state index in [4.69, 9.17) is 9.84 Å². The Labute approximate surface area is 164 Å². The maximum absolute atomic E-state index is 12.6. The number of ether oxygens (including phenoxy) is 1. The first-order valence-corrected chi connectivity index (χ1v) is 8.63. The minimum atomic E-state index is -4.57. The number of aromatic nitrogens is 3. The lowest BCUT2D eigenvalue weighted by atomic mass is 9.95. The summed E-state index contributed by atoms with van der Waals surface area (Å²) in [4.78, 5) is 14.6. The SMILES string of the molecule is CC(C)(COc1ccc(-c2ccc(-c3n[nH]c(C(F)(F)F)n3)cc2)cc1)C(=O)O. The number of carboxylic acid groups (broad SMARTS) is 1. The number of aliphatic carboxylic acids is 1. The first-order valence-electron chi connectivity index (χ1n) is 8.63. The number of nitrogens with zero attached hydrogens (tertiary/aromatic N) is 2. The van der Waals surface area contributed by atoms with Crippen molar-refractivity contribution in [3.63, 3.8) is 0 Å². The fraction of sp³-hybridized carbons (Fsp3) is 0.250. The van der Waals surface area contributed by atoms with Crippen LogP contribution in [-0.4, -0.2) is 32.9 Å². The van der Waals surface area contributed by atoms with Gasteiger partial charge >= 0.3 is 12.1 Å². The van der Waals surface area contributed by atoms with E-state index < -0.39 is 23.4 Å². The summed E-state index contributed by atoms with van der Waals surface area (Å²) in [5.41, 5.74) is 1.17. The highest BCUT2D eigenvalue weighted by molar-refractivity contribution is 5.73. The number of aromatic amines is 1. The Morgan fingerprint density at radius 1 is 1.00 bits per heavy atom. The van der Waals surface area contributed by atoms with Gasteiger partial charge in [-0.15, -0.1) is 0 Å². The highest BCUT2D eigenvalue weighted by Gasteiger charge is 2.35. The maximum Gasteiger partial charge on any atom is 0.451 e. The van der Waals surface area contributed by atoms with Crippen molar-refractivity contribution in [2.24, 2.45) is 5.41 Å². The molecule has 0 spiro atoms. The van der Waals surface area contributed by atoms with E-state index >= 15 is 0 Å². The van der Waals surface area contributed by atoms with Gasteiger partial charge in [0.25, 0.3) is 0 Å². The van der Waals surface area contributed by atoms with Crippen LogP contribution in [0, 0.1) is 5.41 Å². The second-order valence-corrected chi connectivity index (χ2v) is 7.08. The molecule has 0 unspecified atom stereocenters. The molecule has 0 bridgehead atoms. The van der Waals surface area contributed by atoms with Crippen molar-refractivity contribution in [1.29, 1.82) is 0 Å². The summed E-state index contributed by atoms with van der Waals surface area (Å²) in [5, 5.41) is 14.6. The summed E-state index contributed by atoms with van der Waals surface area (Å²) in [6.07, 6.45) is -4.57. The Morgan fingerprint density at radius 2 is 1.52 bits per heavy atom. The molecule has 0 atom stereocenters. The zero-order valence-corrected chi connectivity index (χ0v) is 15.6. The number of hydrogen-bond donors (Lipinski definition) is 2. The Morgan fingerprint density at radius 3 is 2.00 bits per heavy atom. The van der Waals surface area contributed by atoms with E-state index in [0.29, 0.717) is 11.3 Å². The number of alkyl halides is 3. The van der Waals surface area contributed by atoms with Crippen LogP contribution in [0.1, 0.15) is 19.7 Å². The topological polar surface area (TPSA) is 88.1 Å². The van der Waals surface area contributed by atoms with Gasteiger partial charge in [0.1, 0.15) is 12.4 Å². The number of nitrogens with one attached hydrogen (secondary N) is 1. The largest absolute Gasteiger partial charge is 0.492 e. The lowest BCUT2D eigenvalue weighted by Gasteiger charge is -2.19. The molecular formula is C20H18F3N3O3. The molecule has 2 aromatic carbocycles. The fourth-order valence-corrected chi connectivity index (χ4v) is 2.40. The second-order valence-electron chi connectivity index (χ2n) is 7.08. The number of rotatable bonds is 6. The number of carbonyl (C=O) groups is 1. The highest BCUT2D eigenvalue weighted by atomic mass is 19.4. The number of carboxylic acids is 1. The summed E-state index contributed by atoms with van der Waals surface area (Å²) < 4.78 is 43.4. The van der Waals surface area contributed by atoms with Crippen LogP contribution in [0.2, 0.25) is 0 Å². The van der Waals surface area contributed by atoms with Crippen LogP contribution in [0.25, 0.3) is 22.5 Å². The second kappa shape index (κ2) is 7.57. The monoisotopic (exact) mass is 405 g/mol. The Hall–Kier alpha value is -3.36. The average Bonchev–Trinajstić information content (AvgIpc) is 3.18. The van der Waals surface area contributed by atoms with Gasteiger partial charge in [0.15, 0.2) is 5.82 Å². The molecule has 0 fully saturated rings. The maximum atomic E-state index is 12.6. The minimum absolute atomic E-state index is 0.0336. The molecule has 0 saturated carbocycles. The summed E-state index contributed by atoms with van der Waals surface area (Å²) >= 11 is 0. The quantitative estimate of drug-likeness (QED) is 0.623. The number of halogens is 3. The third-order valence-corrected chi connectivity index (χ3v) is 4.26. The van der Waals surface area contributed by atoms with Crippen LogP contribution in [0.5, 0.6) is 5.75 Å². The van der Waals surface area contributed by atoms with Crippen LogP contribution < -0.4 is 4.74 Å². The van der Waals surface area contributed by atoms with Crippen molar-refractivity contribution < 1.29 is 27.8 Å². The number of hydrogen-bond acceptors (Lipinski definition) is 4. The van der Waals surface area contributed by atoms with Gasteiger partial charge in [0, 0.05) is 5.56 Å². The summed E-state index contributed by atoms with van der Waals surface area (Å²) in [6, 6.07) is 13.9. The average molecular weight is 405 g/mol. The minimum Gasteiger partial charge on any atom is -0.492 e. The van der Waals surface area contributed by atoms with E-state index in [1.165, 1.54) is 0 Å². The van der Waals surface area contributed by atoms with E-state index in [0.717, 1.165) is 11.1 Å². The van der Waals surface area contributed by atoms with Crippen molar-refractivity contribution in [3.8, 4) is 28.3 Å². The van der Waals surface area contributed by atoms with Gasteiger partial charge in [0.2, 0.25) is 5.82 Å².